The van der Waals surface area contributed by atoms with Crippen LogP contribution in [0.15, 0.2) is 11.0 Å². The summed E-state index contributed by atoms with van der Waals surface area (Å²) in [5, 5.41) is 9.35. The monoisotopic (exact) mass is 295 g/mol. The topological polar surface area (TPSA) is 79.4 Å². The molecule has 0 bridgehead atoms. The van der Waals surface area contributed by atoms with Crippen LogP contribution in [0, 0.1) is 3.57 Å². The summed E-state index contributed by atoms with van der Waals surface area (Å²) in [4.78, 5) is 24.2. The van der Waals surface area contributed by atoms with Crippen LogP contribution in [0.25, 0.3) is 0 Å². The molecule has 0 aromatic carbocycles. The molecular formula is C7H6INO4. The van der Waals surface area contributed by atoms with Gasteiger partial charge in [-0.25, -0.2) is 4.79 Å². The molecule has 13 heavy (non-hydrogen) atoms. The number of aromatic amines is 1. The van der Waals surface area contributed by atoms with E-state index in [9.17, 15) is 14.7 Å². The third kappa shape index (κ3) is 1.82. The van der Waals surface area contributed by atoms with Gasteiger partial charge in [0.2, 0.25) is 0 Å². The van der Waals surface area contributed by atoms with Crippen molar-refractivity contribution in [1.82, 2.24) is 4.98 Å². The number of hydrogen-bond acceptors (Lipinski definition) is 4. The van der Waals surface area contributed by atoms with E-state index in [1.807, 2.05) is 0 Å². The second-order valence-corrected chi connectivity index (χ2v) is 3.26. The Hall–Kier alpha value is -1.05. The summed E-state index contributed by atoms with van der Waals surface area (Å²) in [6.45, 7) is 0. The van der Waals surface area contributed by atoms with Crippen LogP contribution in [0.3, 0.4) is 0 Å². The van der Waals surface area contributed by atoms with Gasteiger partial charge >= 0.3 is 5.97 Å². The lowest BCUT2D eigenvalue weighted by Crippen LogP contribution is -2.13. The van der Waals surface area contributed by atoms with Gasteiger partial charge in [0.05, 0.1) is 7.11 Å². The molecule has 70 valence electrons. The van der Waals surface area contributed by atoms with Crippen molar-refractivity contribution in [2.75, 3.05) is 7.11 Å². The summed E-state index contributed by atoms with van der Waals surface area (Å²) in [5.74, 6) is -1.04. The number of carbonyl (C=O) groups is 1. The molecule has 5 nitrogen and oxygen atoms in total. The second-order valence-electron chi connectivity index (χ2n) is 2.19. The summed E-state index contributed by atoms with van der Waals surface area (Å²) < 4.78 is 4.46. The number of ether oxygens (including phenoxy) is 1. The minimum Gasteiger partial charge on any atom is -0.506 e. The Bertz CT molecular complexity index is 398. The van der Waals surface area contributed by atoms with Gasteiger partial charge in [-0.15, -0.1) is 0 Å². The van der Waals surface area contributed by atoms with Gasteiger partial charge in [0.15, 0.2) is 5.75 Å². The lowest BCUT2D eigenvalue weighted by molar-refractivity contribution is 0.0596. The predicted molar refractivity (Wildman–Crippen MR) is 52.8 cm³/mol. The Labute approximate surface area is 86.9 Å². The first-order valence-electron chi connectivity index (χ1n) is 3.26. The van der Waals surface area contributed by atoms with Crippen LogP contribution < -0.4 is 5.56 Å². The Morgan fingerprint density at radius 3 is 2.85 bits per heavy atom. The first-order chi connectivity index (χ1) is 6.07. The highest BCUT2D eigenvalue weighted by atomic mass is 127. The average molecular weight is 295 g/mol. The Morgan fingerprint density at radius 1 is 1.69 bits per heavy atom. The van der Waals surface area contributed by atoms with Crippen LogP contribution in [0.5, 0.6) is 5.75 Å². The summed E-state index contributed by atoms with van der Waals surface area (Å²) in [6, 6.07) is 0. The van der Waals surface area contributed by atoms with Gasteiger partial charge in [-0.2, -0.15) is 0 Å². The van der Waals surface area contributed by atoms with E-state index in [1.165, 1.54) is 7.11 Å². The zero-order chi connectivity index (χ0) is 10.0. The maximum absolute atomic E-state index is 11.0. The fourth-order valence-corrected chi connectivity index (χ4v) is 1.21. The van der Waals surface area contributed by atoms with E-state index >= 15 is 0 Å². The van der Waals surface area contributed by atoms with Gasteiger partial charge in [0.25, 0.3) is 5.56 Å². The molecule has 6 heteroatoms. The molecule has 0 radical (unpaired) electrons. The van der Waals surface area contributed by atoms with Crippen molar-refractivity contribution in [3.8, 4) is 5.75 Å². The van der Waals surface area contributed by atoms with Crippen molar-refractivity contribution in [2.45, 2.75) is 0 Å². The summed E-state index contributed by atoms with van der Waals surface area (Å²) in [7, 11) is 1.19. The number of rotatable bonds is 1. The van der Waals surface area contributed by atoms with Crippen molar-refractivity contribution < 1.29 is 14.6 Å². The van der Waals surface area contributed by atoms with E-state index in [1.54, 1.807) is 22.6 Å². The van der Waals surface area contributed by atoms with Crippen LogP contribution in [0.2, 0.25) is 0 Å². The largest absolute Gasteiger partial charge is 0.506 e. The molecule has 0 saturated carbocycles. The van der Waals surface area contributed by atoms with E-state index in [4.69, 9.17) is 0 Å². The molecule has 0 amide bonds. The number of carbonyl (C=O) groups excluding carboxylic acids is 1. The van der Waals surface area contributed by atoms with Crippen LogP contribution >= 0.6 is 22.6 Å². The number of esters is 1. The van der Waals surface area contributed by atoms with Crippen LogP contribution in [0.1, 0.15) is 10.4 Å². The second kappa shape index (κ2) is 3.77. The highest BCUT2D eigenvalue weighted by molar-refractivity contribution is 14.1. The lowest BCUT2D eigenvalue weighted by Gasteiger charge is -2.02. The Kier molecular flexibility index (Phi) is 2.91. The Morgan fingerprint density at radius 2 is 2.31 bits per heavy atom. The molecule has 1 heterocycles. The smallest absolute Gasteiger partial charge is 0.343 e. The molecule has 0 atom stereocenters. The van der Waals surface area contributed by atoms with Gasteiger partial charge in [-0.3, -0.25) is 4.79 Å². The SMILES string of the molecule is COC(=O)c1c[nH]c(=O)c(I)c1O. The highest BCUT2D eigenvalue weighted by Gasteiger charge is 2.15. The standard InChI is InChI=1S/C7H6INO4/c1-13-7(12)3-2-9-6(11)4(8)5(3)10/h2H,1H3,(H2,9,10,11). The molecule has 1 rings (SSSR count). The first kappa shape index (κ1) is 10.0. The third-order valence-corrected chi connectivity index (χ3v) is 2.42. The molecular weight excluding hydrogens is 289 g/mol. The zero-order valence-corrected chi connectivity index (χ0v) is 8.78. The predicted octanol–water partition coefficient (Wildman–Crippen LogP) is 0.472. The van der Waals surface area contributed by atoms with Gasteiger partial charge < -0.3 is 14.8 Å². The maximum atomic E-state index is 11.0. The minimum atomic E-state index is -0.688. The quantitative estimate of drug-likeness (QED) is 0.583. The van der Waals surface area contributed by atoms with Crippen molar-refractivity contribution in [3.63, 3.8) is 0 Å². The number of nitrogens with one attached hydrogen (secondary N) is 1. The van der Waals surface area contributed by atoms with Crippen molar-refractivity contribution in [3.05, 3.63) is 25.7 Å². The maximum Gasteiger partial charge on any atom is 0.343 e. The molecule has 0 aliphatic heterocycles. The molecule has 0 aliphatic rings. The molecule has 0 aliphatic carbocycles. The minimum absolute atomic E-state index is 0.0495. The van der Waals surface area contributed by atoms with Crippen LogP contribution in [0.4, 0.5) is 0 Å². The number of halogens is 1. The van der Waals surface area contributed by atoms with E-state index in [2.05, 4.69) is 9.72 Å². The zero-order valence-electron chi connectivity index (χ0n) is 6.63. The number of H-pyrrole nitrogens is 1. The molecule has 1 aromatic rings. The lowest BCUT2D eigenvalue weighted by atomic mass is 10.2. The van der Waals surface area contributed by atoms with Gasteiger partial charge in [-0.05, 0) is 22.6 Å². The van der Waals surface area contributed by atoms with Crippen molar-refractivity contribution >= 4 is 28.6 Å². The molecule has 0 saturated heterocycles. The van der Waals surface area contributed by atoms with Gasteiger partial charge in [-0.1, -0.05) is 0 Å². The third-order valence-electron chi connectivity index (χ3n) is 1.42. The van der Waals surface area contributed by atoms with E-state index in [0.29, 0.717) is 0 Å². The summed E-state index contributed by atoms with van der Waals surface area (Å²) in [6.07, 6.45) is 1.12. The van der Waals surface area contributed by atoms with Crippen molar-refractivity contribution in [1.29, 1.82) is 0 Å². The summed E-state index contributed by atoms with van der Waals surface area (Å²) >= 11 is 1.64. The highest BCUT2D eigenvalue weighted by Crippen LogP contribution is 2.20. The number of methoxy groups -OCH3 is 1. The number of pyridine rings is 1. The fraction of sp³-hybridized carbons (Fsp3) is 0.143. The number of aromatic hydroxyl groups is 1. The van der Waals surface area contributed by atoms with Crippen molar-refractivity contribution in [2.24, 2.45) is 0 Å². The number of aromatic nitrogens is 1. The molecule has 0 spiro atoms. The van der Waals surface area contributed by atoms with E-state index in [-0.39, 0.29) is 14.9 Å². The summed E-state index contributed by atoms with van der Waals surface area (Å²) in [5.41, 5.74) is -0.489. The average Bonchev–Trinajstić information content (AvgIpc) is 2.13. The van der Waals surface area contributed by atoms with E-state index < -0.39 is 11.5 Å². The fourth-order valence-electron chi connectivity index (χ4n) is 0.761. The van der Waals surface area contributed by atoms with Gasteiger partial charge in [0, 0.05) is 6.20 Å². The Balaban J connectivity index is 3.34. The van der Waals surface area contributed by atoms with Crippen LogP contribution in [-0.2, 0) is 4.74 Å². The number of hydrogen-bond donors (Lipinski definition) is 2. The normalized spacial score (nSPS) is 9.69. The van der Waals surface area contributed by atoms with Crippen LogP contribution in [-0.4, -0.2) is 23.2 Å². The van der Waals surface area contributed by atoms with Gasteiger partial charge in [0.1, 0.15) is 9.13 Å². The molecule has 2 N–H and O–H groups in total. The molecule has 1 aromatic heterocycles. The van der Waals surface area contributed by atoms with E-state index in [0.717, 1.165) is 6.20 Å². The first-order valence-corrected chi connectivity index (χ1v) is 4.34. The molecule has 0 fully saturated rings. The molecule has 0 unspecified atom stereocenters.